The molecule has 300 valence electrons. The van der Waals surface area contributed by atoms with E-state index >= 15 is 0 Å². The Bertz CT molecular complexity index is 2090. The van der Waals surface area contributed by atoms with Crippen LogP contribution < -0.4 is 30.9 Å². The Morgan fingerprint density at radius 3 is 2.51 bits per heavy atom. The summed E-state index contributed by atoms with van der Waals surface area (Å²) in [6, 6.07) is 13.2. The average Bonchev–Trinajstić information content (AvgIpc) is 3.61. The molecule has 2 saturated heterocycles. The lowest BCUT2D eigenvalue weighted by Crippen LogP contribution is -2.47. The van der Waals surface area contributed by atoms with Gasteiger partial charge in [0, 0.05) is 49.9 Å². The molecule has 8 rings (SSSR count). The Balaban J connectivity index is 0.879. The number of ether oxygens (including phenoxy) is 1. The lowest BCUT2D eigenvalue weighted by Gasteiger charge is -2.39. The maximum atomic E-state index is 13.5. The lowest BCUT2D eigenvalue weighted by atomic mass is 9.88. The fraction of sp³-hybridized carbons (Fsp3) is 0.500. The minimum Gasteiger partial charge on any atom is -0.495 e. The second kappa shape index (κ2) is 16.9. The van der Waals surface area contributed by atoms with E-state index in [1.165, 1.54) is 37.7 Å². The van der Waals surface area contributed by atoms with E-state index in [1.54, 1.807) is 13.2 Å². The molecule has 5 heterocycles. The third kappa shape index (κ3) is 8.43. The Morgan fingerprint density at radius 2 is 1.77 bits per heavy atom. The van der Waals surface area contributed by atoms with E-state index < -0.39 is 6.04 Å². The summed E-state index contributed by atoms with van der Waals surface area (Å²) >= 11 is 0. The van der Waals surface area contributed by atoms with E-state index in [9.17, 15) is 14.4 Å². The van der Waals surface area contributed by atoms with Crippen LogP contribution in [0.25, 0.3) is 5.69 Å². The summed E-state index contributed by atoms with van der Waals surface area (Å²) in [7, 11) is 1.60. The van der Waals surface area contributed by atoms with E-state index in [0.717, 1.165) is 74.3 Å². The number of piperidine rings is 2. The normalized spacial score (nSPS) is 20.4. The van der Waals surface area contributed by atoms with Crippen LogP contribution in [0, 0.1) is 12.8 Å². The van der Waals surface area contributed by atoms with Crippen molar-refractivity contribution in [2.24, 2.45) is 5.92 Å². The molecule has 2 atom stereocenters. The first kappa shape index (κ1) is 38.3. The standard InChI is InChI=1S/C42H53N11O4/c1-4-34-39-50-49-26(2)53(39)35-23-43-42(48-38(35)52(34)25-27-8-6-5-7-9-27)46-32-15-12-29(22-36(32)57-3)40(55)45-31-18-20-51(21-19-31)24-28-10-13-30(14-11-28)44-33-16-17-37(54)47-41(33)56/h10-15,22-23,27,31,33-34,44H,4-9,16-21,24-25H2,1-3H3,(H,45,55)(H,43,46,48)(H,47,54,56)/t33?,34-/m1/s1. The smallest absolute Gasteiger partial charge is 0.251 e. The van der Waals surface area contributed by atoms with Gasteiger partial charge in [0.1, 0.15) is 23.3 Å². The van der Waals surface area contributed by atoms with E-state index in [-0.39, 0.29) is 29.8 Å². The summed E-state index contributed by atoms with van der Waals surface area (Å²) in [6.45, 7) is 7.61. The first-order chi connectivity index (χ1) is 27.8. The van der Waals surface area contributed by atoms with Gasteiger partial charge in [0.15, 0.2) is 11.6 Å². The number of hydrogen-bond acceptors (Lipinski definition) is 12. The number of aryl methyl sites for hydroxylation is 1. The van der Waals surface area contributed by atoms with Crippen LogP contribution in [-0.4, -0.2) is 86.2 Å². The number of amides is 3. The molecule has 0 spiro atoms. The average molecular weight is 776 g/mol. The predicted octanol–water partition coefficient (Wildman–Crippen LogP) is 5.58. The zero-order valence-corrected chi connectivity index (χ0v) is 33.1. The zero-order chi connectivity index (χ0) is 39.5. The number of carbonyl (C=O) groups excluding carboxylic acids is 3. The maximum absolute atomic E-state index is 13.5. The van der Waals surface area contributed by atoms with Gasteiger partial charge in [-0.05, 0) is 87.3 Å². The Labute approximate surface area is 333 Å². The molecule has 2 aromatic carbocycles. The molecule has 3 amide bonds. The number of carbonyl (C=O) groups is 3. The third-order valence-corrected chi connectivity index (χ3v) is 11.9. The second-order valence-corrected chi connectivity index (χ2v) is 15.8. The fourth-order valence-electron chi connectivity index (χ4n) is 8.80. The molecule has 1 aliphatic carbocycles. The van der Waals surface area contributed by atoms with Gasteiger partial charge < -0.3 is 25.6 Å². The van der Waals surface area contributed by atoms with Crippen LogP contribution in [0.4, 0.5) is 23.1 Å². The van der Waals surface area contributed by atoms with Crippen molar-refractivity contribution >= 4 is 40.9 Å². The van der Waals surface area contributed by atoms with Crippen molar-refractivity contribution in [3.8, 4) is 11.4 Å². The van der Waals surface area contributed by atoms with Crippen molar-refractivity contribution in [3.05, 3.63) is 71.4 Å². The molecule has 15 heteroatoms. The summed E-state index contributed by atoms with van der Waals surface area (Å²) < 4.78 is 7.86. The topological polar surface area (TPSA) is 172 Å². The molecular formula is C42H53N11O4. The van der Waals surface area contributed by atoms with Crippen molar-refractivity contribution < 1.29 is 19.1 Å². The monoisotopic (exact) mass is 775 g/mol. The number of nitrogens with one attached hydrogen (secondary N) is 4. The van der Waals surface area contributed by atoms with Crippen molar-refractivity contribution in [2.45, 2.75) is 103 Å². The molecule has 1 unspecified atom stereocenters. The zero-order valence-electron chi connectivity index (χ0n) is 33.1. The van der Waals surface area contributed by atoms with Crippen LogP contribution in [0.1, 0.15) is 105 Å². The number of benzene rings is 2. The second-order valence-electron chi connectivity index (χ2n) is 15.8. The highest BCUT2D eigenvalue weighted by Gasteiger charge is 2.36. The van der Waals surface area contributed by atoms with Gasteiger partial charge in [0.25, 0.3) is 5.91 Å². The van der Waals surface area contributed by atoms with Gasteiger partial charge in [-0.25, -0.2) is 4.98 Å². The molecule has 2 aromatic heterocycles. The van der Waals surface area contributed by atoms with Crippen LogP contribution in [0.15, 0.2) is 48.7 Å². The molecule has 4 N–H and O–H groups in total. The summed E-state index contributed by atoms with van der Waals surface area (Å²) in [4.78, 5) is 51.7. The molecule has 4 aliphatic rings. The van der Waals surface area contributed by atoms with Gasteiger partial charge in [-0.3, -0.25) is 29.2 Å². The highest BCUT2D eigenvalue weighted by atomic mass is 16.5. The molecule has 4 aromatic rings. The highest BCUT2D eigenvalue weighted by molar-refractivity contribution is 6.01. The number of anilines is 4. The number of hydrogen-bond donors (Lipinski definition) is 4. The van der Waals surface area contributed by atoms with Gasteiger partial charge >= 0.3 is 0 Å². The molecule has 3 fully saturated rings. The number of likely N-dealkylation sites (tertiary alicyclic amines) is 1. The van der Waals surface area contributed by atoms with Gasteiger partial charge in [0.05, 0.1) is 25.0 Å². The first-order valence-electron chi connectivity index (χ1n) is 20.5. The third-order valence-electron chi connectivity index (χ3n) is 11.9. The molecule has 57 heavy (non-hydrogen) atoms. The van der Waals surface area contributed by atoms with E-state index in [0.29, 0.717) is 41.7 Å². The van der Waals surface area contributed by atoms with Crippen molar-refractivity contribution in [1.29, 1.82) is 0 Å². The molecule has 1 saturated carbocycles. The summed E-state index contributed by atoms with van der Waals surface area (Å²) in [5.41, 5.74) is 4.11. The van der Waals surface area contributed by atoms with Gasteiger partial charge in [-0.1, -0.05) is 38.3 Å². The van der Waals surface area contributed by atoms with Crippen molar-refractivity contribution in [2.75, 3.05) is 42.3 Å². The Hall–Kier alpha value is -5.57. The van der Waals surface area contributed by atoms with E-state index in [4.69, 9.17) is 14.7 Å². The number of fused-ring (bicyclic) bond motifs is 3. The molecular weight excluding hydrogens is 723 g/mol. The fourth-order valence-corrected chi connectivity index (χ4v) is 8.80. The maximum Gasteiger partial charge on any atom is 0.251 e. The number of methoxy groups -OCH3 is 1. The molecule has 3 aliphatic heterocycles. The quantitative estimate of drug-likeness (QED) is 0.132. The number of imide groups is 1. The first-order valence-corrected chi connectivity index (χ1v) is 20.5. The SMILES string of the molecule is CC[C@@H]1c2nnc(C)n2-c2cnc(Nc3ccc(C(=O)NC4CCN(Cc5ccc(NC6CCC(=O)NC6=O)cc5)CC4)cc3OC)nc2N1CC1CCCCC1. The van der Waals surface area contributed by atoms with Gasteiger partial charge in [-0.2, -0.15) is 4.98 Å². The van der Waals surface area contributed by atoms with Crippen molar-refractivity contribution in [1.82, 2.24) is 40.3 Å². The Morgan fingerprint density at radius 1 is 0.982 bits per heavy atom. The Kier molecular flexibility index (Phi) is 11.3. The van der Waals surface area contributed by atoms with Crippen LogP contribution in [0.5, 0.6) is 5.75 Å². The van der Waals surface area contributed by atoms with Gasteiger partial charge in [-0.15, -0.1) is 10.2 Å². The molecule has 0 radical (unpaired) electrons. The van der Waals surface area contributed by atoms with Crippen LogP contribution >= 0.6 is 0 Å². The van der Waals surface area contributed by atoms with Gasteiger partial charge in [0.2, 0.25) is 17.8 Å². The summed E-state index contributed by atoms with van der Waals surface area (Å²) in [5, 5.41) is 21.3. The van der Waals surface area contributed by atoms with E-state index in [2.05, 4.69) is 64.9 Å². The highest BCUT2D eigenvalue weighted by Crippen LogP contribution is 2.41. The minimum atomic E-state index is -0.403. The molecule has 15 nitrogen and oxygen atoms in total. The summed E-state index contributed by atoms with van der Waals surface area (Å²) in [5.74, 6) is 3.59. The predicted molar refractivity (Wildman–Crippen MR) is 217 cm³/mol. The number of aromatic nitrogens is 5. The number of rotatable bonds is 12. The minimum absolute atomic E-state index is 0.0676. The van der Waals surface area contributed by atoms with Crippen LogP contribution in [0.3, 0.4) is 0 Å². The van der Waals surface area contributed by atoms with Crippen molar-refractivity contribution in [3.63, 3.8) is 0 Å². The van der Waals surface area contributed by atoms with Crippen LogP contribution in [-0.2, 0) is 16.1 Å². The molecule has 0 bridgehead atoms. The number of nitrogens with zero attached hydrogens (tertiary/aromatic N) is 7. The van der Waals surface area contributed by atoms with E-state index in [1.807, 2.05) is 37.4 Å². The summed E-state index contributed by atoms with van der Waals surface area (Å²) in [6.07, 6.45) is 11.6. The largest absolute Gasteiger partial charge is 0.495 e. The van der Waals surface area contributed by atoms with Crippen LogP contribution in [0.2, 0.25) is 0 Å². The lowest BCUT2D eigenvalue weighted by molar-refractivity contribution is -0.133.